The summed E-state index contributed by atoms with van der Waals surface area (Å²) in [5, 5.41) is 3.07. The second-order valence-electron chi connectivity index (χ2n) is 3.43. The van der Waals surface area contributed by atoms with Gasteiger partial charge in [0.25, 0.3) is 5.91 Å². The van der Waals surface area contributed by atoms with E-state index in [0.717, 1.165) is 5.69 Å². The molecule has 0 fully saturated rings. The molecule has 2 heterocycles. The van der Waals surface area contributed by atoms with E-state index in [9.17, 15) is 4.79 Å². The Morgan fingerprint density at radius 2 is 2.35 bits per heavy atom. The molecule has 2 aromatic rings. The van der Waals surface area contributed by atoms with Gasteiger partial charge in [0, 0.05) is 24.9 Å². The second-order valence-corrected chi connectivity index (χ2v) is 3.82. The normalized spacial score (nSPS) is 10.2. The van der Waals surface area contributed by atoms with E-state index in [1.165, 1.54) is 0 Å². The van der Waals surface area contributed by atoms with E-state index in [2.05, 4.69) is 20.3 Å². The number of rotatable bonds is 4. The van der Waals surface area contributed by atoms with Crippen LogP contribution >= 0.6 is 11.6 Å². The molecule has 0 spiro atoms. The van der Waals surface area contributed by atoms with Gasteiger partial charge in [0.2, 0.25) is 0 Å². The van der Waals surface area contributed by atoms with Gasteiger partial charge in [0.05, 0.1) is 6.33 Å². The lowest BCUT2D eigenvalue weighted by atomic mass is 10.3. The Kier molecular flexibility index (Phi) is 3.72. The highest BCUT2D eigenvalue weighted by atomic mass is 35.5. The molecule has 0 atom stereocenters. The lowest BCUT2D eigenvalue weighted by Crippen LogP contribution is -2.26. The monoisotopic (exact) mass is 250 g/mol. The molecule has 1 amide bonds. The van der Waals surface area contributed by atoms with Crippen LogP contribution in [-0.4, -0.2) is 27.4 Å². The Labute approximate surface area is 103 Å². The number of hydrogen-bond acceptors (Lipinski definition) is 3. The van der Waals surface area contributed by atoms with Crippen LogP contribution < -0.4 is 5.32 Å². The number of amides is 1. The first-order chi connectivity index (χ1) is 8.25. The minimum atomic E-state index is -0.230. The molecule has 2 N–H and O–H groups in total. The van der Waals surface area contributed by atoms with Gasteiger partial charge in [-0.15, -0.1) is 0 Å². The fraction of sp³-hybridized carbons (Fsp3) is 0.182. The van der Waals surface area contributed by atoms with Crippen LogP contribution in [0.1, 0.15) is 16.2 Å². The van der Waals surface area contributed by atoms with Crippen molar-refractivity contribution in [2.24, 2.45) is 0 Å². The van der Waals surface area contributed by atoms with Crippen LogP contribution in [0.4, 0.5) is 0 Å². The van der Waals surface area contributed by atoms with Crippen LogP contribution in [0.3, 0.4) is 0 Å². The third-order valence-corrected chi connectivity index (χ3v) is 2.39. The van der Waals surface area contributed by atoms with Crippen LogP contribution in [-0.2, 0) is 6.42 Å². The third kappa shape index (κ3) is 3.29. The number of pyridine rings is 1. The number of carbonyl (C=O) groups excluding carboxylic acids is 1. The van der Waals surface area contributed by atoms with Gasteiger partial charge in [-0.2, -0.15) is 0 Å². The highest BCUT2D eigenvalue weighted by molar-refractivity contribution is 6.29. The summed E-state index contributed by atoms with van der Waals surface area (Å²) in [6.07, 6.45) is 4.03. The molecular weight excluding hydrogens is 240 g/mol. The number of halogens is 1. The fourth-order valence-corrected chi connectivity index (χ4v) is 1.52. The zero-order chi connectivity index (χ0) is 12.1. The topological polar surface area (TPSA) is 70.7 Å². The minimum Gasteiger partial charge on any atom is -0.350 e. The molecule has 5 nitrogen and oxygen atoms in total. The number of carbonyl (C=O) groups is 1. The maximum atomic E-state index is 11.7. The summed E-state index contributed by atoms with van der Waals surface area (Å²) in [5.74, 6) is -0.230. The average molecular weight is 251 g/mol. The van der Waals surface area contributed by atoms with Crippen LogP contribution in [0.5, 0.6) is 0 Å². The molecule has 0 aliphatic rings. The van der Waals surface area contributed by atoms with E-state index in [1.54, 1.807) is 30.7 Å². The SMILES string of the molecule is O=C(NCCc1cnc[nH]1)c1cccc(Cl)n1. The Morgan fingerprint density at radius 1 is 1.47 bits per heavy atom. The predicted molar refractivity (Wildman–Crippen MR) is 63.9 cm³/mol. The molecule has 17 heavy (non-hydrogen) atoms. The Balaban J connectivity index is 1.85. The lowest BCUT2D eigenvalue weighted by Gasteiger charge is -2.03. The number of imidazole rings is 1. The maximum Gasteiger partial charge on any atom is 0.269 e. The Morgan fingerprint density at radius 3 is 3.06 bits per heavy atom. The van der Waals surface area contributed by atoms with E-state index in [0.29, 0.717) is 23.8 Å². The van der Waals surface area contributed by atoms with Crippen molar-refractivity contribution in [1.29, 1.82) is 0 Å². The van der Waals surface area contributed by atoms with E-state index in [4.69, 9.17) is 11.6 Å². The molecule has 0 aromatic carbocycles. The van der Waals surface area contributed by atoms with Crippen molar-refractivity contribution in [2.75, 3.05) is 6.54 Å². The summed E-state index contributed by atoms with van der Waals surface area (Å²) >= 11 is 5.70. The Bertz CT molecular complexity index is 498. The maximum absolute atomic E-state index is 11.7. The van der Waals surface area contributed by atoms with Gasteiger partial charge in [-0.1, -0.05) is 17.7 Å². The number of nitrogens with zero attached hydrogens (tertiary/aromatic N) is 2. The summed E-state index contributed by atoms with van der Waals surface area (Å²) in [5.41, 5.74) is 1.30. The summed E-state index contributed by atoms with van der Waals surface area (Å²) in [6.45, 7) is 0.523. The number of aromatic amines is 1. The highest BCUT2D eigenvalue weighted by Crippen LogP contribution is 2.04. The largest absolute Gasteiger partial charge is 0.350 e. The van der Waals surface area contributed by atoms with Gasteiger partial charge in [-0.25, -0.2) is 9.97 Å². The zero-order valence-electron chi connectivity index (χ0n) is 8.98. The summed E-state index contributed by atoms with van der Waals surface area (Å²) < 4.78 is 0. The zero-order valence-corrected chi connectivity index (χ0v) is 9.74. The van der Waals surface area contributed by atoms with Crippen molar-refractivity contribution < 1.29 is 4.79 Å². The van der Waals surface area contributed by atoms with Crippen molar-refractivity contribution in [1.82, 2.24) is 20.3 Å². The lowest BCUT2D eigenvalue weighted by molar-refractivity contribution is 0.0949. The van der Waals surface area contributed by atoms with Gasteiger partial charge < -0.3 is 10.3 Å². The molecular formula is C11H11ClN4O. The molecule has 6 heteroatoms. The van der Waals surface area contributed by atoms with Crippen molar-refractivity contribution in [3.05, 3.63) is 47.3 Å². The van der Waals surface area contributed by atoms with Crippen LogP contribution in [0.2, 0.25) is 5.15 Å². The third-order valence-electron chi connectivity index (χ3n) is 2.18. The van der Waals surface area contributed by atoms with Crippen LogP contribution in [0, 0.1) is 0 Å². The molecule has 0 saturated carbocycles. The van der Waals surface area contributed by atoms with Crippen molar-refractivity contribution in [3.8, 4) is 0 Å². The number of hydrogen-bond donors (Lipinski definition) is 2. The first-order valence-electron chi connectivity index (χ1n) is 5.14. The van der Waals surface area contributed by atoms with Crippen LogP contribution in [0.15, 0.2) is 30.7 Å². The summed E-state index contributed by atoms with van der Waals surface area (Å²) in [6, 6.07) is 4.94. The van der Waals surface area contributed by atoms with Crippen LogP contribution in [0.25, 0.3) is 0 Å². The molecule has 2 aromatic heterocycles. The Hall–Kier alpha value is -1.88. The van der Waals surface area contributed by atoms with Gasteiger partial charge in [-0.3, -0.25) is 4.79 Å². The van der Waals surface area contributed by atoms with E-state index in [1.807, 2.05) is 0 Å². The quantitative estimate of drug-likeness (QED) is 0.807. The number of nitrogens with one attached hydrogen (secondary N) is 2. The number of aromatic nitrogens is 3. The number of H-pyrrole nitrogens is 1. The standard InChI is InChI=1S/C11H11ClN4O/c12-10-3-1-2-9(16-10)11(17)14-5-4-8-6-13-7-15-8/h1-3,6-7H,4-5H2,(H,13,15)(H,14,17). The molecule has 0 aliphatic carbocycles. The van der Waals surface area contributed by atoms with E-state index >= 15 is 0 Å². The van der Waals surface area contributed by atoms with Crippen molar-refractivity contribution >= 4 is 17.5 Å². The van der Waals surface area contributed by atoms with Gasteiger partial charge in [-0.05, 0) is 12.1 Å². The van der Waals surface area contributed by atoms with E-state index in [-0.39, 0.29) is 5.91 Å². The van der Waals surface area contributed by atoms with Crippen molar-refractivity contribution in [2.45, 2.75) is 6.42 Å². The summed E-state index contributed by atoms with van der Waals surface area (Å²) in [4.78, 5) is 22.4. The smallest absolute Gasteiger partial charge is 0.269 e. The van der Waals surface area contributed by atoms with Gasteiger partial charge in [0.1, 0.15) is 10.8 Å². The van der Waals surface area contributed by atoms with Crippen molar-refractivity contribution in [3.63, 3.8) is 0 Å². The van der Waals surface area contributed by atoms with Gasteiger partial charge in [0.15, 0.2) is 0 Å². The molecule has 0 saturated heterocycles. The van der Waals surface area contributed by atoms with E-state index < -0.39 is 0 Å². The second kappa shape index (κ2) is 5.45. The van der Waals surface area contributed by atoms with Gasteiger partial charge >= 0.3 is 0 Å². The summed E-state index contributed by atoms with van der Waals surface area (Å²) in [7, 11) is 0. The first-order valence-corrected chi connectivity index (χ1v) is 5.51. The first kappa shape index (κ1) is 11.6. The average Bonchev–Trinajstić information content (AvgIpc) is 2.82. The fourth-order valence-electron chi connectivity index (χ4n) is 1.36. The predicted octanol–water partition coefficient (Wildman–Crippen LogP) is 1.43. The highest BCUT2D eigenvalue weighted by Gasteiger charge is 2.06. The molecule has 88 valence electrons. The molecule has 0 unspecified atom stereocenters. The molecule has 0 aliphatic heterocycles. The molecule has 0 radical (unpaired) electrons. The molecule has 2 rings (SSSR count). The minimum absolute atomic E-state index is 0.230. The molecule has 0 bridgehead atoms.